The Bertz CT molecular complexity index is 1480. The number of hydrogen-bond donors (Lipinski definition) is 1. The van der Waals surface area contributed by atoms with Gasteiger partial charge in [-0.25, -0.2) is 14.6 Å². The molecule has 0 aliphatic carbocycles. The predicted molar refractivity (Wildman–Crippen MR) is 133 cm³/mol. The summed E-state index contributed by atoms with van der Waals surface area (Å²) in [6.07, 6.45) is 3.65. The number of rotatable bonds is 6. The van der Waals surface area contributed by atoms with Crippen LogP contribution in [0, 0.1) is 0 Å². The molecule has 0 radical (unpaired) electrons. The highest BCUT2D eigenvalue weighted by atomic mass is 32.1. The van der Waals surface area contributed by atoms with Crippen LogP contribution in [-0.2, 0) is 4.79 Å². The summed E-state index contributed by atoms with van der Waals surface area (Å²) >= 11 is 1.60. The minimum Gasteiger partial charge on any atom is -0.493 e. The van der Waals surface area contributed by atoms with Crippen LogP contribution < -0.4 is 14.8 Å². The SMILES string of the molecule is COc1cc2nc(-n3cc(-c4ccc(NC(C)=O)cc4)cn3)nc(-c3ccsc3)c2cc1OC. The molecule has 0 aliphatic rings. The summed E-state index contributed by atoms with van der Waals surface area (Å²) < 4.78 is 12.6. The second-order valence-electron chi connectivity index (χ2n) is 7.54. The number of aromatic nitrogens is 4. The maximum atomic E-state index is 11.3. The van der Waals surface area contributed by atoms with E-state index in [1.807, 2.05) is 59.4 Å². The first-order valence-electron chi connectivity index (χ1n) is 10.4. The Hall–Kier alpha value is -4.24. The molecular formula is C25H21N5O3S. The zero-order valence-electron chi connectivity index (χ0n) is 18.8. The molecule has 0 spiro atoms. The molecule has 0 unspecified atom stereocenters. The minimum atomic E-state index is -0.107. The molecule has 9 heteroatoms. The second kappa shape index (κ2) is 8.95. The Morgan fingerprint density at radius 3 is 2.41 bits per heavy atom. The summed E-state index contributed by atoms with van der Waals surface area (Å²) in [6, 6.07) is 13.3. The summed E-state index contributed by atoms with van der Waals surface area (Å²) in [6.45, 7) is 1.48. The fourth-order valence-electron chi connectivity index (χ4n) is 3.70. The Labute approximate surface area is 199 Å². The number of hydrogen-bond acceptors (Lipinski definition) is 7. The van der Waals surface area contributed by atoms with Crippen LogP contribution >= 0.6 is 11.3 Å². The number of benzene rings is 2. The molecule has 2 aromatic carbocycles. The largest absolute Gasteiger partial charge is 0.493 e. The summed E-state index contributed by atoms with van der Waals surface area (Å²) in [5.74, 6) is 1.55. The Morgan fingerprint density at radius 1 is 0.971 bits per heavy atom. The number of amides is 1. The topological polar surface area (TPSA) is 91.2 Å². The van der Waals surface area contributed by atoms with Crippen molar-refractivity contribution in [2.75, 3.05) is 19.5 Å². The normalized spacial score (nSPS) is 10.9. The molecule has 8 nitrogen and oxygen atoms in total. The Balaban J connectivity index is 1.59. The van der Waals surface area contributed by atoms with E-state index in [2.05, 4.69) is 10.4 Å². The van der Waals surface area contributed by atoms with E-state index in [-0.39, 0.29) is 5.91 Å². The van der Waals surface area contributed by atoms with Gasteiger partial charge in [0.15, 0.2) is 11.5 Å². The van der Waals surface area contributed by atoms with Crippen LogP contribution in [0.3, 0.4) is 0 Å². The van der Waals surface area contributed by atoms with Crippen molar-refractivity contribution in [2.24, 2.45) is 0 Å². The maximum Gasteiger partial charge on any atom is 0.251 e. The molecular weight excluding hydrogens is 450 g/mol. The molecule has 5 rings (SSSR count). The van der Waals surface area contributed by atoms with Gasteiger partial charge < -0.3 is 14.8 Å². The van der Waals surface area contributed by atoms with Crippen LogP contribution in [-0.4, -0.2) is 39.9 Å². The highest BCUT2D eigenvalue weighted by Gasteiger charge is 2.16. The predicted octanol–water partition coefficient (Wildman–Crippen LogP) is 5.19. The van der Waals surface area contributed by atoms with Crippen molar-refractivity contribution in [3.05, 3.63) is 65.6 Å². The summed E-state index contributed by atoms with van der Waals surface area (Å²) in [7, 11) is 3.21. The van der Waals surface area contributed by atoms with E-state index < -0.39 is 0 Å². The van der Waals surface area contributed by atoms with Gasteiger partial charge in [0.25, 0.3) is 5.95 Å². The number of methoxy groups -OCH3 is 2. The lowest BCUT2D eigenvalue weighted by Gasteiger charge is -2.12. The highest BCUT2D eigenvalue weighted by molar-refractivity contribution is 7.08. The van der Waals surface area contributed by atoms with E-state index in [1.54, 1.807) is 36.4 Å². The molecule has 1 N–H and O–H groups in total. The third-order valence-electron chi connectivity index (χ3n) is 5.31. The smallest absolute Gasteiger partial charge is 0.251 e. The summed E-state index contributed by atoms with van der Waals surface area (Å²) in [5, 5.41) is 12.2. The number of nitrogens with one attached hydrogen (secondary N) is 1. The van der Waals surface area contributed by atoms with Crippen LogP contribution in [0.15, 0.2) is 65.6 Å². The van der Waals surface area contributed by atoms with Gasteiger partial charge in [-0.05, 0) is 35.2 Å². The molecule has 3 aromatic heterocycles. The number of ether oxygens (including phenoxy) is 2. The number of thiophene rings is 1. The molecule has 0 saturated heterocycles. The van der Waals surface area contributed by atoms with Crippen molar-refractivity contribution in [1.29, 1.82) is 0 Å². The van der Waals surface area contributed by atoms with E-state index in [9.17, 15) is 4.79 Å². The van der Waals surface area contributed by atoms with Crippen LogP contribution in [0.4, 0.5) is 5.69 Å². The number of fused-ring (bicyclic) bond motifs is 1. The third-order valence-corrected chi connectivity index (χ3v) is 5.99. The quantitative estimate of drug-likeness (QED) is 0.367. The fraction of sp³-hybridized carbons (Fsp3) is 0.120. The van der Waals surface area contributed by atoms with Gasteiger partial charge in [-0.15, -0.1) is 0 Å². The molecule has 0 aliphatic heterocycles. The molecule has 170 valence electrons. The van der Waals surface area contributed by atoms with Gasteiger partial charge in [0.2, 0.25) is 5.91 Å². The number of carbonyl (C=O) groups is 1. The van der Waals surface area contributed by atoms with Gasteiger partial charge in [-0.2, -0.15) is 16.4 Å². The number of anilines is 1. The summed E-state index contributed by atoms with van der Waals surface area (Å²) in [4.78, 5) is 20.9. The van der Waals surface area contributed by atoms with Crippen LogP contribution in [0.25, 0.3) is 39.2 Å². The number of carbonyl (C=O) groups excluding carboxylic acids is 1. The zero-order valence-corrected chi connectivity index (χ0v) is 19.6. The molecule has 5 aromatic rings. The molecule has 0 bridgehead atoms. The van der Waals surface area contributed by atoms with Crippen molar-refractivity contribution in [2.45, 2.75) is 6.92 Å². The van der Waals surface area contributed by atoms with Gasteiger partial charge >= 0.3 is 0 Å². The van der Waals surface area contributed by atoms with Crippen LogP contribution in [0.5, 0.6) is 11.5 Å². The monoisotopic (exact) mass is 471 g/mol. The summed E-state index contributed by atoms with van der Waals surface area (Å²) in [5.41, 5.74) is 5.12. The van der Waals surface area contributed by atoms with Crippen LogP contribution in [0.2, 0.25) is 0 Å². The van der Waals surface area contributed by atoms with Gasteiger partial charge in [0.05, 0.1) is 31.6 Å². The van der Waals surface area contributed by atoms with Crippen molar-refractivity contribution < 1.29 is 14.3 Å². The first kappa shape index (κ1) is 21.6. The van der Waals surface area contributed by atoms with Crippen molar-refractivity contribution in [1.82, 2.24) is 19.7 Å². The lowest BCUT2D eigenvalue weighted by Crippen LogP contribution is -2.05. The van der Waals surface area contributed by atoms with Crippen molar-refractivity contribution in [3.63, 3.8) is 0 Å². The molecule has 0 atom stereocenters. The van der Waals surface area contributed by atoms with Gasteiger partial charge in [0, 0.05) is 46.8 Å². The highest BCUT2D eigenvalue weighted by Crippen LogP contribution is 2.36. The molecule has 0 saturated carbocycles. The van der Waals surface area contributed by atoms with Crippen molar-refractivity contribution >= 4 is 33.8 Å². The standard InChI is InChI=1S/C25H21N5O3S/c1-15(31)27-19-6-4-16(5-7-19)18-12-26-30(13-18)25-28-21-11-23(33-3)22(32-2)10-20(21)24(29-25)17-8-9-34-14-17/h4-14H,1-3H3,(H,27,31). The third kappa shape index (κ3) is 4.08. The molecule has 3 heterocycles. The fourth-order valence-corrected chi connectivity index (χ4v) is 4.34. The first-order valence-corrected chi connectivity index (χ1v) is 11.4. The lowest BCUT2D eigenvalue weighted by molar-refractivity contribution is -0.114. The molecule has 0 fully saturated rings. The van der Waals surface area contributed by atoms with Crippen LogP contribution in [0.1, 0.15) is 6.92 Å². The maximum absolute atomic E-state index is 11.3. The first-order chi connectivity index (χ1) is 16.6. The average molecular weight is 472 g/mol. The second-order valence-corrected chi connectivity index (χ2v) is 8.32. The van der Waals surface area contributed by atoms with Gasteiger partial charge in [-0.1, -0.05) is 12.1 Å². The average Bonchev–Trinajstić information content (AvgIpc) is 3.55. The van der Waals surface area contributed by atoms with E-state index in [1.165, 1.54) is 6.92 Å². The molecule has 1 amide bonds. The minimum absolute atomic E-state index is 0.107. The lowest BCUT2D eigenvalue weighted by atomic mass is 10.1. The van der Waals surface area contributed by atoms with E-state index in [0.717, 1.165) is 39.0 Å². The molecule has 34 heavy (non-hydrogen) atoms. The van der Waals surface area contributed by atoms with Gasteiger partial charge in [-0.3, -0.25) is 4.79 Å². The zero-order chi connectivity index (χ0) is 23.7. The van der Waals surface area contributed by atoms with E-state index >= 15 is 0 Å². The Morgan fingerprint density at radius 2 is 1.74 bits per heavy atom. The Kier molecular flexibility index (Phi) is 5.69. The van der Waals surface area contributed by atoms with E-state index in [4.69, 9.17) is 19.4 Å². The van der Waals surface area contributed by atoms with E-state index in [0.29, 0.717) is 17.4 Å². The van der Waals surface area contributed by atoms with Gasteiger partial charge in [0.1, 0.15) is 0 Å². The van der Waals surface area contributed by atoms with Crippen molar-refractivity contribution in [3.8, 4) is 39.8 Å². The number of nitrogens with zero attached hydrogens (tertiary/aromatic N) is 4.